The third-order valence-corrected chi connectivity index (χ3v) is 3.40. The van der Waals surface area contributed by atoms with Crippen LogP contribution in [0.5, 0.6) is 0 Å². The van der Waals surface area contributed by atoms with E-state index in [0.29, 0.717) is 5.13 Å². The van der Waals surface area contributed by atoms with Gasteiger partial charge in [0.05, 0.1) is 10.5 Å². The lowest BCUT2D eigenvalue weighted by atomic mass is 10.1. The van der Waals surface area contributed by atoms with Crippen molar-refractivity contribution in [3.8, 4) is 0 Å². The van der Waals surface area contributed by atoms with E-state index in [1.165, 1.54) is 36.6 Å². The molecule has 2 N–H and O–H groups in total. The molecule has 0 bridgehead atoms. The molecule has 20 heavy (non-hydrogen) atoms. The molecule has 1 aromatic carbocycles. The van der Waals surface area contributed by atoms with Gasteiger partial charge in [0.2, 0.25) is 0 Å². The van der Waals surface area contributed by atoms with E-state index in [-0.39, 0.29) is 16.9 Å². The topological polar surface area (TPSA) is 97.2 Å². The van der Waals surface area contributed by atoms with Crippen molar-refractivity contribution >= 4 is 33.8 Å². The Kier molecular flexibility index (Phi) is 3.94. The van der Waals surface area contributed by atoms with E-state index in [1.54, 1.807) is 6.20 Å². The number of nitrogens with one attached hydrogen (secondary N) is 2. The van der Waals surface area contributed by atoms with Gasteiger partial charge < -0.3 is 5.32 Å². The lowest BCUT2D eigenvalue weighted by Crippen LogP contribution is -2.14. The van der Waals surface area contributed by atoms with E-state index in [4.69, 9.17) is 0 Å². The normalized spacial score (nSPS) is 10.1. The Labute approximate surface area is 118 Å². The number of carbonyl (C=O) groups is 1. The molecular weight excluding hydrogens is 280 g/mol. The molecule has 1 aromatic heterocycles. The first-order chi connectivity index (χ1) is 9.52. The van der Waals surface area contributed by atoms with Crippen LogP contribution in [0.3, 0.4) is 0 Å². The van der Waals surface area contributed by atoms with Gasteiger partial charge >= 0.3 is 0 Å². The van der Waals surface area contributed by atoms with Crippen molar-refractivity contribution in [2.24, 2.45) is 0 Å². The number of rotatable bonds is 4. The van der Waals surface area contributed by atoms with Crippen molar-refractivity contribution in [3.05, 3.63) is 45.0 Å². The fourth-order valence-corrected chi connectivity index (χ4v) is 2.38. The van der Waals surface area contributed by atoms with Gasteiger partial charge in [-0.05, 0) is 13.0 Å². The van der Waals surface area contributed by atoms with E-state index >= 15 is 0 Å². The summed E-state index contributed by atoms with van der Waals surface area (Å²) in [7, 11) is 1.53. The van der Waals surface area contributed by atoms with Crippen LogP contribution in [-0.2, 0) is 0 Å². The lowest BCUT2D eigenvalue weighted by molar-refractivity contribution is -0.384. The maximum Gasteiger partial charge on any atom is 0.293 e. The Hall–Kier alpha value is -2.48. The Balaban J connectivity index is 2.34. The van der Waals surface area contributed by atoms with Gasteiger partial charge in [-0.15, -0.1) is 11.3 Å². The number of nitrogens with zero attached hydrogens (tertiary/aromatic N) is 2. The molecule has 0 radical (unpaired) electrons. The fraction of sp³-hybridized carbons (Fsp3) is 0.167. The largest absolute Gasteiger partial charge is 0.382 e. The van der Waals surface area contributed by atoms with Gasteiger partial charge in [0, 0.05) is 24.2 Å². The molecule has 1 heterocycles. The third kappa shape index (κ3) is 2.75. The maximum absolute atomic E-state index is 12.2. The quantitative estimate of drug-likeness (QED) is 0.667. The van der Waals surface area contributed by atoms with Crippen molar-refractivity contribution < 1.29 is 9.72 Å². The van der Waals surface area contributed by atoms with E-state index in [2.05, 4.69) is 15.6 Å². The molecule has 1 amide bonds. The minimum absolute atomic E-state index is 0.143. The Morgan fingerprint density at radius 3 is 2.75 bits per heavy atom. The first-order valence-corrected chi connectivity index (χ1v) is 6.53. The number of hydrogen-bond donors (Lipinski definition) is 2. The van der Waals surface area contributed by atoms with Gasteiger partial charge in [-0.1, -0.05) is 6.07 Å². The molecule has 0 atom stereocenters. The molecule has 0 aliphatic rings. The Bertz CT molecular complexity index is 668. The van der Waals surface area contributed by atoms with E-state index < -0.39 is 10.8 Å². The minimum Gasteiger partial charge on any atom is -0.382 e. The van der Waals surface area contributed by atoms with Crippen LogP contribution in [-0.4, -0.2) is 22.9 Å². The molecule has 2 aromatic rings. The van der Waals surface area contributed by atoms with Crippen molar-refractivity contribution in [1.29, 1.82) is 0 Å². The molecule has 0 spiro atoms. The summed E-state index contributed by atoms with van der Waals surface area (Å²) in [5, 5.41) is 16.7. The van der Waals surface area contributed by atoms with Crippen molar-refractivity contribution in [2.45, 2.75) is 6.92 Å². The molecule has 0 unspecified atom stereocenters. The zero-order valence-electron chi connectivity index (χ0n) is 10.8. The average Bonchev–Trinajstić information content (AvgIpc) is 2.82. The number of para-hydroxylation sites is 1. The molecule has 0 aliphatic heterocycles. The summed E-state index contributed by atoms with van der Waals surface area (Å²) in [5.74, 6) is -0.438. The Morgan fingerprint density at radius 2 is 2.20 bits per heavy atom. The van der Waals surface area contributed by atoms with Crippen LogP contribution in [0.25, 0.3) is 0 Å². The van der Waals surface area contributed by atoms with Crippen LogP contribution >= 0.6 is 11.3 Å². The highest BCUT2D eigenvalue weighted by atomic mass is 32.1. The lowest BCUT2D eigenvalue weighted by Gasteiger charge is -2.08. The summed E-state index contributed by atoms with van der Waals surface area (Å²) in [5.41, 5.74) is 0.244. The van der Waals surface area contributed by atoms with Crippen molar-refractivity contribution in [1.82, 2.24) is 4.98 Å². The zero-order chi connectivity index (χ0) is 14.7. The number of thiazole rings is 1. The highest BCUT2D eigenvalue weighted by molar-refractivity contribution is 7.15. The number of amides is 1. The molecule has 0 aliphatic carbocycles. The number of nitro groups is 1. The van der Waals surface area contributed by atoms with Crippen LogP contribution in [0.4, 0.5) is 16.5 Å². The van der Waals surface area contributed by atoms with Crippen LogP contribution < -0.4 is 10.6 Å². The van der Waals surface area contributed by atoms with Crippen LogP contribution in [0.1, 0.15) is 15.2 Å². The number of nitro benzene ring substituents is 1. The number of anilines is 2. The third-order valence-electron chi connectivity index (χ3n) is 2.58. The molecule has 0 saturated carbocycles. The first-order valence-electron chi connectivity index (χ1n) is 5.72. The van der Waals surface area contributed by atoms with Gasteiger partial charge in [-0.25, -0.2) is 4.98 Å². The average molecular weight is 292 g/mol. The summed E-state index contributed by atoms with van der Waals surface area (Å²) in [6, 6.07) is 4.34. The van der Waals surface area contributed by atoms with E-state index in [9.17, 15) is 14.9 Å². The monoisotopic (exact) mass is 292 g/mol. The second kappa shape index (κ2) is 5.66. The van der Waals surface area contributed by atoms with Crippen LogP contribution in [0, 0.1) is 17.0 Å². The van der Waals surface area contributed by atoms with E-state index in [0.717, 1.165) is 4.88 Å². The molecule has 2 rings (SSSR count). The van der Waals surface area contributed by atoms with Gasteiger partial charge in [-0.3, -0.25) is 20.2 Å². The van der Waals surface area contributed by atoms with Crippen molar-refractivity contribution in [3.63, 3.8) is 0 Å². The van der Waals surface area contributed by atoms with E-state index in [1.807, 2.05) is 6.92 Å². The summed E-state index contributed by atoms with van der Waals surface area (Å²) in [4.78, 5) is 27.6. The van der Waals surface area contributed by atoms with Crippen molar-refractivity contribution in [2.75, 3.05) is 17.7 Å². The molecule has 104 valence electrons. The number of benzene rings is 1. The molecule has 0 saturated heterocycles. The number of aryl methyl sites for hydroxylation is 1. The SMILES string of the molecule is CNc1c(C(=O)Nc2ncc(C)s2)cccc1[N+](=O)[O-]. The summed E-state index contributed by atoms with van der Waals surface area (Å²) in [6.07, 6.45) is 1.65. The maximum atomic E-state index is 12.2. The molecule has 0 fully saturated rings. The van der Waals surface area contributed by atoms with Gasteiger partial charge in [0.1, 0.15) is 5.69 Å². The molecule has 8 heteroatoms. The summed E-state index contributed by atoms with van der Waals surface area (Å²) in [6.45, 7) is 1.87. The predicted octanol–water partition coefficient (Wildman–Crippen LogP) is 2.65. The number of hydrogen-bond acceptors (Lipinski definition) is 6. The number of carbonyl (C=O) groups excluding carboxylic acids is 1. The van der Waals surface area contributed by atoms with Crippen LogP contribution in [0.15, 0.2) is 24.4 Å². The van der Waals surface area contributed by atoms with Gasteiger partial charge in [0.25, 0.3) is 11.6 Å². The Morgan fingerprint density at radius 1 is 1.45 bits per heavy atom. The smallest absolute Gasteiger partial charge is 0.293 e. The molecular formula is C12H12N4O3S. The number of aromatic nitrogens is 1. The summed E-state index contributed by atoms with van der Waals surface area (Å²) < 4.78 is 0. The second-order valence-corrected chi connectivity index (χ2v) is 5.17. The minimum atomic E-state index is -0.532. The predicted molar refractivity (Wildman–Crippen MR) is 77.4 cm³/mol. The highest BCUT2D eigenvalue weighted by Crippen LogP contribution is 2.28. The zero-order valence-corrected chi connectivity index (χ0v) is 11.7. The molecule has 7 nitrogen and oxygen atoms in total. The van der Waals surface area contributed by atoms with Crippen LogP contribution in [0.2, 0.25) is 0 Å². The van der Waals surface area contributed by atoms with Gasteiger partial charge in [-0.2, -0.15) is 0 Å². The van der Waals surface area contributed by atoms with Gasteiger partial charge in [0.15, 0.2) is 5.13 Å². The standard InChI is InChI=1S/C12H12N4O3S/c1-7-6-14-12(20-7)15-11(17)8-4-3-5-9(16(18)19)10(8)13-2/h3-6,13H,1-2H3,(H,14,15,17). The fourth-order valence-electron chi connectivity index (χ4n) is 1.72. The summed E-state index contributed by atoms with van der Waals surface area (Å²) >= 11 is 1.34. The highest BCUT2D eigenvalue weighted by Gasteiger charge is 2.21. The first kappa shape index (κ1) is 13.9. The second-order valence-electron chi connectivity index (χ2n) is 3.94.